The first-order chi connectivity index (χ1) is 15.2. The SMILES string of the molecule is Cc1nc(-c2cccs2)sc1C(=O)N1CCN(c2ccc(-c3cccnc3)nn2)CC1. The van der Waals surface area contributed by atoms with Crippen LogP contribution in [0.25, 0.3) is 21.1 Å². The molecule has 4 aromatic heterocycles. The molecule has 0 spiro atoms. The number of hydrogen-bond acceptors (Lipinski definition) is 8. The van der Waals surface area contributed by atoms with Gasteiger partial charge in [-0.15, -0.1) is 32.9 Å². The summed E-state index contributed by atoms with van der Waals surface area (Å²) in [6.07, 6.45) is 3.52. The van der Waals surface area contributed by atoms with Crippen molar-refractivity contribution in [3.63, 3.8) is 0 Å². The molecule has 0 aliphatic carbocycles. The second kappa shape index (κ2) is 8.52. The minimum atomic E-state index is 0.0652. The van der Waals surface area contributed by atoms with Crippen LogP contribution in [0.4, 0.5) is 5.82 Å². The van der Waals surface area contributed by atoms with E-state index in [2.05, 4.69) is 25.1 Å². The zero-order chi connectivity index (χ0) is 21.2. The first-order valence-corrected chi connectivity index (χ1v) is 11.7. The Morgan fingerprint density at radius 3 is 2.58 bits per heavy atom. The van der Waals surface area contributed by atoms with Gasteiger partial charge in [-0.05, 0) is 42.6 Å². The van der Waals surface area contributed by atoms with E-state index in [0.717, 1.165) is 50.6 Å². The molecule has 1 saturated heterocycles. The van der Waals surface area contributed by atoms with Gasteiger partial charge in [0, 0.05) is 44.1 Å². The molecule has 1 amide bonds. The monoisotopic (exact) mass is 448 g/mol. The average molecular weight is 449 g/mol. The van der Waals surface area contributed by atoms with Crippen molar-refractivity contribution in [3.05, 3.63) is 64.7 Å². The van der Waals surface area contributed by atoms with Crippen LogP contribution in [0, 0.1) is 6.92 Å². The number of hydrogen-bond donors (Lipinski definition) is 0. The predicted molar refractivity (Wildman–Crippen MR) is 124 cm³/mol. The number of carbonyl (C=O) groups excluding carboxylic acids is 1. The van der Waals surface area contributed by atoms with Crippen molar-refractivity contribution < 1.29 is 4.79 Å². The molecule has 0 unspecified atom stereocenters. The Morgan fingerprint density at radius 1 is 1.03 bits per heavy atom. The van der Waals surface area contributed by atoms with Crippen LogP contribution in [0.3, 0.4) is 0 Å². The minimum absolute atomic E-state index is 0.0652. The molecule has 1 fully saturated rings. The van der Waals surface area contributed by atoms with Crippen molar-refractivity contribution in [2.45, 2.75) is 6.92 Å². The van der Waals surface area contributed by atoms with Gasteiger partial charge < -0.3 is 9.80 Å². The second-order valence-corrected chi connectivity index (χ2v) is 9.16. The van der Waals surface area contributed by atoms with E-state index in [-0.39, 0.29) is 5.91 Å². The van der Waals surface area contributed by atoms with E-state index in [4.69, 9.17) is 0 Å². The fourth-order valence-electron chi connectivity index (χ4n) is 3.54. The third-order valence-electron chi connectivity index (χ3n) is 5.22. The summed E-state index contributed by atoms with van der Waals surface area (Å²) in [4.78, 5) is 27.7. The van der Waals surface area contributed by atoms with Crippen molar-refractivity contribution in [2.24, 2.45) is 0 Å². The Hall–Kier alpha value is -3.17. The Labute approximate surface area is 188 Å². The minimum Gasteiger partial charge on any atom is -0.352 e. The number of amides is 1. The fraction of sp³-hybridized carbons (Fsp3) is 0.227. The molecule has 0 radical (unpaired) electrons. The van der Waals surface area contributed by atoms with Gasteiger partial charge in [-0.25, -0.2) is 4.98 Å². The molecule has 0 aromatic carbocycles. The molecule has 0 atom stereocenters. The number of aryl methyl sites for hydroxylation is 1. The third-order valence-corrected chi connectivity index (χ3v) is 7.41. The molecule has 156 valence electrons. The lowest BCUT2D eigenvalue weighted by Gasteiger charge is -2.35. The van der Waals surface area contributed by atoms with E-state index in [9.17, 15) is 4.79 Å². The first-order valence-electron chi connectivity index (χ1n) is 9.99. The lowest BCUT2D eigenvalue weighted by Crippen LogP contribution is -2.49. The molecular formula is C22H20N6OS2. The van der Waals surface area contributed by atoms with Gasteiger partial charge in [0.2, 0.25) is 0 Å². The molecule has 9 heteroatoms. The van der Waals surface area contributed by atoms with Crippen LogP contribution in [0.5, 0.6) is 0 Å². The highest BCUT2D eigenvalue weighted by molar-refractivity contribution is 7.22. The Kier molecular flexibility index (Phi) is 5.44. The molecule has 4 aromatic rings. The number of rotatable bonds is 4. The van der Waals surface area contributed by atoms with E-state index >= 15 is 0 Å². The van der Waals surface area contributed by atoms with Gasteiger partial charge in [0.05, 0.1) is 16.3 Å². The summed E-state index contributed by atoms with van der Waals surface area (Å²) >= 11 is 3.13. The van der Waals surface area contributed by atoms with Crippen LogP contribution in [0.2, 0.25) is 0 Å². The maximum absolute atomic E-state index is 13.1. The Morgan fingerprint density at radius 2 is 1.90 bits per heavy atom. The lowest BCUT2D eigenvalue weighted by atomic mass is 10.2. The number of thiazole rings is 1. The first kappa shape index (κ1) is 19.8. The largest absolute Gasteiger partial charge is 0.352 e. The lowest BCUT2D eigenvalue weighted by molar-refractivity contribution is 0.0750. The van der Waals surface area contributed by atoms with Crippen LogP contribution in [-0.4, -0.2) is 57.2 Å². The summed E-state index contributed by atoms with van der Waals surface area (Å²) in [5.41, 5.74) is 2.55. The van der Waals surface area contributed by atoms with Crippen molar-refractivity contribution >= 4 is 34.4 Å². The molecule has 1 aliphatic rings. The van der Waals surface area contributed by atoms with Crippen molar-refractivity contribution in [1.29, 1.82) is 0 Å². The van der Waals surface area contributed by atoms with Gasteiger partial charge in [0.25, 0.3) is 5.91 Å². The van der Waals surface area contributed by atoms with E-state index in [1.165, 1.54) is 11.3 Å². The quantitative estimate of drug-likeness (QED) is 0.470. The Balaban J connectivity index is 1.24. The van der Waals surface area contributed by atoms with E-state index in [0.29, 0.717) is 13.1 Å². The van der Waals surface area contributed by atoms with Gasteiger partial charge in [-0.3, -0.25) is 9.78 Å². The second-order valence-electron chi connectivity index (χ2n) is 7.21. The van der Waals surface area contributed by atoms with Crippen molar-refractivity contribution in [1.82, 2.24) is 25.1 Å². The number of piperazine rings is 1. The van der Waals surface area contributed by atoms with Gasteiger partial charge in [0.1, 0.15) is 9.88 Å². The highest BCUT2D eigenvalue weighted by Gasteiger charge is 2.26. The molecule has 31 heavy (non-hydrogen) atoms. The summed E-state index contributed by atoms with van der Waals surface area (Å²) < 4.78 is 0. The predicted octanol–water partition coefficient (Wildman–Crippen LogP) is 3.99. The number of thiophene rings is 1. The molecule has 1 aliphatic heterocycles. The molecule has 7 nitrogen and oxygen atoms in total. The molecular weight excluding hydrogens is 428 g/mol. The molecule has 0 bridgehead atoms. The zero-order valence-electron chi connectivity index (χ0n) is 16.9. The summed E-state index contributed by atoms with van der Waals surface area (Å²) in [7, 11) is 0. The topological polar surface area (TPSA) is 75.1 Å². The van der Waals surface area contributed by atoms with Crippen LogP contribution >= 0.6 is 22.7 Å². The van der Waals surface area contributed by atoms with Gasteiger partial charge in [-0.2, -0.15) is 0 Å². The molecule has 5 rings (SSSR count). The van der Waals surface area contributed by atoms with Crippen LogP contribution in [0.15, 0.2) is 54.2 Å². The maximum Gasteiger partial charge on any atom is 0.265 e. The van der Waals surface area contributed by atoms with E-state index in [1.54, 1.807) is 23.7 Å². The fourth-order valence-corrected chi connectivity index (χ4v) is 5.38. The van der Waals surface area contributed by atoms with E-state index in [1.807, 2.05) is 53.6 Å². The van der Waals surface area contributed by atoms with Gasteiger partial charge in [0.15, 0.2) is 5.82 Å². The number of nitrogens with zero attached hydrogens (tertiary/aromatic N) is 6. The number of aromatic nitrogens is 4. The van der Waals surface area contributed by atoms with Crippen molar-refractivity contribution in [3.8, 4) is 21.1 Å². The Bertz CT molecular complexity index is 1170. The highest BCUT2D eigenvalue weighted by atomic mass is 32.1. The summed E-state index contributed by atoms with van der Waals surface area (Å²) in [6, 6.07) is 11.8. The van der Waals surface area contributed by atoms with Crippen LogP contribution < -0.4 is 4.90 Å². The van der Waals surface area contributed by atoms with Crippen LogP contribution in [0.1, 0.15) is 15.4 Å². The molecule has 5 heterocycles. The smallest absolute Gasteiger partial charge is 0.265 e. The van der Waals surface area contributed by atoms with Crippen molar-refractivity contribution in [2.75, 3.05) is 31.1 Å². The zero-order valence-corrected chi connectivity index (χ0v) is 18.6. The summed E-state index contributed by atoms with van der Waals surface area (Å²) in [5, 5.41) is 11.7. The number of anilines is 1. The average Bonchev–Trinajstić information content (AvgIpc) is 3.49. The standard InChI is InChI=1S/C22H20N6OS2/c1-15-20(31-21(24-15)18-5-3-13-30-18)22(29)28-11-9-27(10-12-28)19-7-6-17(25-26-19)16-4-2-8-23-14-16/h2-8,13-14H,9-12H2,1H3. The van der Waals surface area contributed by atoms with Gasteiger partial charge in [-0.1, -0.05) is 6.07 Å². The summed E-state index contributed by atoms with van der Waals surface area (Å²) in [6.45, 7) is 4.66. The third kappa shape index (κ3) is 4.06. The molecule has 0 N–H and O–H groups in total. The van der Waals surface area contributed by atoms with Crippen LogP contribution in [-0.2, 0) is 0 Å². The normalized spacial score (nSPS) is 14.1. The number of carbonyl (C=O) groups is 1. The van der Waals surface area contributed by atoms with E-state index < -0.39 is 0 Å². The summed E-state index contributed by atoms with van der Waals surface area (Å²) in [5.74, 6) is 0.893. The maximum atomic E-state index is 13.1. The van der Waals surface area contributed by atoms with Gasteiger partial charge >= 0.3 is 0 Å². The molecule has 0 saturated carbocycles. The number of pyridine rings is 1. The highest BCUT2D eigenvalue weighted by Crippen LogP contribution is 2.32.